The Bertz CT molecular complexity index is 576. The summed E-state index contributed by atoms with van der Waals surface area (Å²) in [4.78, 5) is 4.80. The molecule has 19 heavy (non-hydrogen) atoms. The van der Waals surface area contributed by atoms with E-state index in [1.54, 1.807) is 0 Å². The van der Waals surface area contributed by atoms with Gasteiger partial charge in [0.25, 0.3) is 0 Å². The molecule has 0 radical (unpaired) electrons. The standard InChI is InChI=1S/C14H21N5/c1-10-9-18(2)4-3-5-19(10)14-7-13-11(6-12(14)15)8-16-17-13/h6-8,10H,3-5,9,15H2,1-2H3,(H,16,17). The summed E-state index contributed by atoms with van der Waals surface area (Å²) < 4.78 is 0. The third kappa shape index (κ3) is 2.26. The van der Waals surface area contributed by atoms with Crippen LogP contribution in [-0.4, -0.2) is 47.8 Å². The number of hydrogen-bond donors (Lipinski definition) is 2. The van der Waals surface area contributed by atoms with Gasteiger partial charge in [0.2, 0.25) is 0 Å². The number of H-pyrrole nitrogens is 1. The Kier molecular flexibility index (Phi) is 3.06. The van der Waals surface area contributed by atoms with Gasteiger partial charge in [0.15, 0.2) is 0 Å². The Labute approximate surface area is 113 Å². The maximum absolute atomic E-state index is 6.23. The molecule has 5 heteroatoms. The molecule has 3 N–H and O–H groups in total. The van der Waals surface area contributed by atoms with Crippen molar-refractivity contribution < 1.29 is 0 Å². The number of aromatic amines is 1. The molecule has 1 aromatic heterocycles. The summed E-state index contributed by atoms with van der Waals surface area (Å²) >= 11 is 0. The zero-order valence-corrected chi connectivity index (χ0v) is 11.6. The number of anilines is 2. The van der Waals surface area contributed by atoms with E-state index in [1.165, 1.54) is 6.42 Å². The molecule has 2 heterocycles. The van der Waals surface area contributed by atoms with Crippen molar-refractivity contribution in [2.75, 3.05) is 37.3 Å². The fraction of sp³-hybridized carbons (Fsp3) is 0.500. The van der Waals surface area contributed by atoms with E-state index in [0.29, 0.717) is 6.04 Å². The van der Waals surface area contributed by atoms with Gasteiger partial charge in [-0.05, 0) is 39.1 Å². The van der Waals surface area contributed by atoms with Crippen LogP contribution in [0.1, 0.15) is 13.3 Å². The second kappa shape index (κ2) is 4.74. The van der Waals surface area contributed by atoms with Gasteiger partial charge in [-0.1, -0.05) is 0 Å². The van der Waals surface area contributed by atoms with Crippen molar-refractivity contribution in [1.29, 1.82) is 0 Å². The Balaban J connectivity index is 1.99. The van der Waals surface area contributed by atoms with Crippen LogP contribution < -0.4 is 10.6 Å². The number of nitrogens with two attached hydrogens (primary N) is 1. The number of aromatic nitrogens is 2. The highest BCUT2D eigenvalue weighted by molar-refractivity contribution is 5.89. The van der Waals surface area contributed by atoms with E-state index in [9.17, 15) is 0 Å². The smallest absolute Gasteiger partial charge is 0.0672 e. The molecule has 0 aliphatic carbocycles. The molecule has 2 aromatic rings. The first-order chi connectivity index (χ1) is 9.15. The lowest BCUT2D eigenvalue weighted by Crippen LogP contribution is -2.38. The number of hydrogen-bond acceptors (Lipinski definition) is 4. The zero-order chi connectivity index (χ0) is 13.4. The summed E-state index contributed by atoms with van der Waals surface area (Å²) in [5.74, 6) is 0. The highest BCUT2D eigenvalue weighted by atomic mass is 15.2. The van der Waals surface area contributed by atoms with E-state index in [-0.39, 0.29) is 0 Å². The molecule has 0 amide bonds. The van der Waals surface area contributed by atoms with Crippen LogP contribution in [0.5, 0.6) is 0 Å². The lowest BCUT2D eigenvalue weighted by molar-refractivity contribution is 0.337. The highest BCUT2D eigenvalue weighted by Gasteiger charge is 2.21. The average molecular weight is 259 g/mol. The van der Waals surface area contributed by atoms with Gasteiger partial charge in [0.05, 0.1) is 23.1 Å². The fourth-order valence-corrected chi connectivity index (χ4v) is 2.98. The Hall–Kier alpha value is -1.75. The zero-order valence-electron chi connectivity index (χ0n) is 11.6. The monoisotopic (exact) mass is 259 g/mol. The number of nitrogen functional groups attached to an aromatic ring is 1. The van der Waals surface area contributed by atoms with E-state index in [2.05, 4.69) is 40.0 Å². The first-order valence-corrected chi connectivity index (χ1v) is 6.83. The number of benzene rings is 1. The number of nitrogens with zero attached hydrogens (tertiary/aromatic N) is 3. The van der Waals surface area contributed by atoms with Crippen LogP contribution >= 0.6 is 0 Å². The van der Waals surface area contributed by atoms with E-state index in [1.807, 2.05) is 12.3 Å². The molecular formula is C14H21N5. The fourth-order valence-electron chi connectivity index (χ4n) is 2.98. The van der Waals surface area contributed by atoms with E-state index in [0.717, 1.165) is 41.9 Å². The maximum atomic E-state index is 6.23. The lowest BCUT2D eigenvalue weighted by Gasteiger charge is -2.31. The summed E-state index contributed by atoms with van der Waals surface area (Å²) in [6, 6.07) is 4.60. The van der Waals surface area contributed by atoms with Crippen molar-refractivity contribution in [3.05, 3.63) is 18.3 Å². The van der Waals surface area contributed by atoms with Crippen LogP contribution in [0.15, 0.2) is 18.3 Å². The van der Waals surface area contributed by atoms with Crippen LogP contribution in [-0.2, 0) is 0 Å². The Morgan fingerprint density at radius 3 is 3.05 bits per heavy atom. The molecule has 0 spiro atoms. The van der Waals surface area contributed by atoms with E-state index in [4.69, 9.17) is 5.73 Å². The van der Waals surface area contributed by atoms with Crippen LogP contribution in [0.2, 0.25) is 0 Å². The summed E-state index contributed by atoms with van der Waals surface area (Å²) in [5, 5.41) is 8.16. The molecule has 5 nitrogen and oxygen atoms in total. The molecule has 1 aliphatic rings. The molecule has 1 aliphatic heterocycles. The minimum Gasteiger partial charge on any atom is -0.397 e. The third-order valence-corrected chi connectivity index (χ3v) is 3.94. The first kappa shape index (κ1) is 12.3. The molecular weight excluding hydrogens is 238 g/mol. The largest absolute Gasteiger partial charge is 0.397 e. The van der Waals surface area contributed by atoms with Gasteiger partial charge >= 0.3 is 0 Å². The first-order valence-electron chi connectivity index (χ1n) is 6.83. The molecule has 3 rings (SSSR count). The quantitative estimate of drug-likeness (QED) is 0.765. The normalized spacial score (nSPS) is 21.8. The number of fused-ring (bicyclic) bond motifs is 1. The van der Waals surface area contributed by atoms with Gasteiger partial charge in [0, 0.05) is 24.5 Å². The highest BCUT2D eigenvalue weighted by Crippen LogP contribution is 2.30. The number of nitrogens with one attached hydrogen (secondary N) is 1. The summed E-state index contributed by atoms with van der Waals surface area (Å²) in [7, 11) is 2.18. The van der Waals surface area contributed by atoms with Crippen LogP contribution in [0, 0.1) is 0 Å². The van der Waals surface area contributed by atoms with Crippen LogP contribution in [0.25, 0.3) is 10.9 Å². The molecule has 1 saturated heterocycles. The number of rotatable bonds is 1. The Morgan fingerprint density at radius 1 is 1.37 bits per heavy atom. The molecule has 0 saturated carbocycles. The summed E-state index contributed by atoms with van der Waals surface area (Å²) in [5.41, 5.74) is 9.24. The molecule has 102 valence electrons. The van der Waals surface area contributed by atoms with Crippen molar-refractivity contribution in [3.8, 4) is 0 Å². The summed E-state index contributed by atoms with van der Waals surface area (Å²) in [6.45, 7) is 5.53. The predicted octanol–water partition coefficient (Wildman–Crippen LogP) is 1.68. The molecule has 0 bridgehead atoms. The predicted molar refractivity (Wildman–Crippen MR) is 79.4 cm³/mol. The van der Waals surface area contributed by atoms with Gasteiger partial charge in [-0.3, -0.25) is 5.10 Å². The summed E-state index contributed by atoms with van der Waals surface area (Å²) in [6.07, 6.45) is 2.98. The second-order valence-electron chi connectivity index (χ2n) is 5.53. The van der Waals surface area contributed by atoms with Gasteiger partial charge in [-0.25, -0.2) is 0 Å². The maximum Gasteiger partial charge on any atom is 0.0672 e. The molecule has 1 fully saturated rings. The van der Waals surface area contributed by atoms with Crippen molar-refractivity contribution in [2.45, 2.75) is 19.4 Å². The minimum atomic E-state index is 0.468. The van der Waals surface area contributed by atoms with Gasteiger partial charge < -0.3 is 15.5 Å². The molecule has 1 aromatic carbocycles. The topological polar surface area (TPSA) is 61.2 Å². The van der Waals surface area contributed by atoms with Crippen LogP contribution in [0.3, 0.4) is 0 Å². The minimum absolute atomic E-state index is 0.468. The van der Waals surface area contributed by atoms with Gasteiger partial charge in [-0.2, -0.15) is 5.10 Å². The van der Waals surface area contributed by atoms with Crippen molar-refractivity contribution in [2.24, 2.45) is 0 Å². The lowest BCUT2D eigenvalue weighted by atomic mass is 10.1. The Morgan fingerprint density at radius 2 is 2.21 bits per heavy atom. The van der Waals surface area contributed by atoms with Crippen molar-refractivity contribution >= 4 is 22.3 Å². The van der Waals surface area contributed by atoms with Gasteiger partial charge in [0.1, 0.15) is 0 Å². The third-order valence-electron chi connectivity index (χ3n) is 3.94. The van der Waals surface area contributed by atoms with Gasteiger partial charge in [-0.15, -0.1) is 0 Å². The number of likely N-dealkylation sites (N-methyl/N-ethyl adjacent to an activating group) is 1. The second-order valence-corrected chi connectivity index (χ2v) is 5.53. The average Bonchev–Trinajstić information content (AvgIpc) is 2.73. The van der Waals surface area contributed by atoms with E-state index < -0.39 is 0 Å². The SMILES string of the molecule is CC1CN(C)CCCN1c1cc2[nH]ncc2cc1N. The van der Waals surface area contributed by atoms with E-state index >= 15 is 0 Å². The molecule has 1 unspecified atom stereocenters. The molecule has 1 atom stereocenters. The van der Waals surface area contributed by atoms with Crippen LogP contribution in [0.4, 0.5) is 11.4 Å². The van der Waals surface area contributed by atoms with Crippen molar-refractivity contribution in [3.63, 3.8) is 0 Å². The van der Waals surface area contributed by atoms with Crippen molar-refractivity contribution in [1.82, 2.24) is 15.1 Å².